The minimum Gasteiger partial charge on any atom is -0.481 e. The molecule has 14 nitrogen and oxygen atoms in total. The molecule has 0 aliphatic carbocycles. The highest BCUT2D eigenvalue weighted by Gasteiger charge is 2.30. The molecule has 0 saturated carbocycles. The summed E-state index contributed by atoms with van der Waals surface area (Å²) >= 11 is 0. The quantitative estimate of drug-likeness (QED) is 0.0701. The molecule has 0 aromatic carbocycles. The van der Waals surface area contributed by atoms with Crippen molar-refractivity contribution < 1.29 is 34.2 Å². The highest BCUT2D eigenvalue weighted by Crippen LogP contribution is 2.09. The predicted octanol–water partition coefficient (Wildman–Crippen LogP) is -2.55. The van der Waals surface area contributed by atoms with Crippen molar-refractivity contribution in [1.29, 1.82) is 0 Å². The van der Waals surface area contributed by atoms with E-state index in [-0.39, 0.29) is 24.8 Å². The largest absolute Gasteiger partial charge is 0.481 e. The Hall–Kier alpha value is -3.42. The molecule has 14 heteroatoms. The number of carboxylic acid groups (broad SMARTS) is 2. The third-order valence-corrected chi connectivity index (χ3v) is 4.84. The molecule has 0 fully saturated rings. The Bertz CT molecular complexity index is 740. The summed E-state index contributed by atoms with van der Waals surface area (Å²) in [4.78, 5) is 63.3. The van der Waals surface area contributed by atoms with Gasteiger partial charge in [0, 0.05) is 6.54 Å². The van der Waals surface area contributed by atoms with Gasteiger partial charge in [0.15, 0.2) is 5.96 Å². The molecule has 3 amide bonds. The number of carboxylic acids is 2. The lowest BCUT2D eigenvalue weighted by Crippen LogP contribution is -2.57. The zero-order valence-corrected chi connectivity index (χ0v) is 19.0. The SMILES string of the molecule is CCC(C)C(NC(=O)C(CCCN=C(N)N)NC(=O)C(C)NC(=O)C(N)CC(=O)O)C(=O)O. The lowest BCUT2D eigenvalue weighted by atomic mass is 9.98. The monoisotopic (exact) mass is 473 g/mol. The van der Waals surface area contributed by atoms with Crippen molar-refractivity contribution in [2.45, 2.75) is 70.6 Å². The Kier molecular flexibility index (Phi) is 13.1. The second-order valence-corrected chi connectivity index (χ2v) is 7.65. The first-order valence-electron chi connectivity index (χ1n) is 10.5. The second-order valence-electron chi connectivity index (χ2n) is 7.65. The van der Waals surface area contributed by atoms with E-state index in [9.17, 15) is 29.1 Å². The van der Waals surface area contributed by atoms with Gasteiger partial charge in [0.1, 0.15) is 18.1 Å². The van der Waals surface area contributed by atoms with Crippen LogP contribution in [0.4, 0.5) is 0 Å². The van der Waals surface area contributed by atoms with Gasteiger partial charge in [0.25, 0.3) is 0 Å². The molecular weight excluding hydrogens is 438 g/mol. The number of nitrogens with two attached hydrogens (primary N) is 3. The van der Waals surface area contributed by atoms with Crippen LogP contribution in [0.25, 0.3) is 0 Å². The smallest absolute Gasteiger partial charge is 0.326 e. The fourth-order valence-corrected chi connectivity index (χ4v) is 2.67. The zero-order valence-electron chi connectivity index (χ0n) is 19.0. The van der Waals surface area contributed by atoms with Crippen LogP contribution in [0.5, 0.6) is 0 Å². The molecule has 0 aliphatic heterocycles. The van der Waals surface area contributed by atoms with Gasteiger partial charge < -0.3 is 43.4 Å². The van der Waals surface area contributed by atoms with E-state index < -0.39 is 60.2 Å². The summed E-state index contributed by atoms with van der Waals surface area (Å²) in [5.41, 5.74) is 16.0. The van der Waals surface area contributed by atoms with Crippen LogP contribution < -0.4 is 33.2 Å². The lowest BCUT2D eigenvalue weighted by Gasteiger charge is -2.25. The number of carbonyl (C=O) groups excluding carboxylic acids is 3. The van der Waals surface area contributed by atoms with Gasteiger partial charge in [-0.15, -0.1) is 0 Å². The van der Waals surface area contributed by atoms with E-state index in [2.05, 4.69) is 20.9 Å². The van der Waals surface area contributed by atoms with Crippen LogP contribution in [0.2, 0.25) is 0 Å². The lowest BCUT2D eigenvalue weighted by molar-refractivity contribution is -0.143. The van der Waals surface area contributed by atoms with Crippen molar-refractivity contribution in [2.24, 2.45) is 28.1 Å². The summed E-state index contributed by atoms with van der Waals surface area (Å²) in [7, 11) is 0. The molecule has 188 valence electrons. The van der Waals surface area contributed by atoms with Crippen LogP contribution >= 0.6 is 0 Å². The second kappa shape index (κ2) is 14.6. The van der Waals surface area contributed by atoms with Crippen molar-refractivity contribution in [3.8, 4) is 0 Å². The van der Waals surface area contributed by atoms with E-state index in [1.807, 2.05) is 0 Å². The summed E-state index contributed by atoms with van der Waals surface area (Å²) in [6.45, 7) is 4.95. The summed E-state index contributed by atoms with van der Waals surface area (Å²) in [6, 6.07) is -4.80. The molecule has 0 rings (SSSR count). The van der Waals surface area contributed by atoms with Crippen molar-refractivity contribution in [2.75, 3.05) is 6.54 Å². The summed E-state index contributed by atoms with van der Waals surface area (Å²) in [6.07, 6.45) is 0.253. The summed E-state index contributed by atoms with van der Waals surface area (Å²) in [5, 5.41) is 25.3. The topological polar surface area (TPSA) is 252 Å². The maximum atomic E-state index is 12.8. The maximum absolute atomic E-state index is 12.8. The van der Waals surface area contributed by atoms with Crippen molar-refractivity contribution in [3.63, 3.8) is 0 Å². The molecule has 0 aromatic rings. The normalized spacial score (nSPS) is 15.2. The molecule has 5 atom stereocenters. The zero-order chi connectivity index (χ0) is 25.7. The molecule has 0 saturated heterocycles. The molecule has 33 heavy (non-hydrogen) atoms. The van der Waals surface area contributed by atoms with E-state index in [0.717, 1.165) is 0 Å². The molecule has 0 aromatic heterocycles. The third kappa shape index (κ3) is 11.7. The molecule has 0 heterocycles. The molecule has 0 bridgehead atoms. The molecule has 5 unspecified atom stereocenters. The summed E-state index contributed by atoms with van der Waals surface area (Å²) in [5.74, 6) is -5.31. The number of rotatable bonds is 15. The number of hydrogen-bond donors (Lipinski definition) is 8. The minimum atomic E-state index is -1.36. The Balaban J connectivity index is 5.30. The van der Waals surface area contributed by atoms with Crippen molar-refractivity contribution >= 4 is 35.6 Å². The molecule has 0 radical (unpaired) electrons. The number of aliphatic carboxylic acids is 2. The van der Waals surface area contributed by atoms with E-state index in [0.29, 0.717) is 12.8 Å². The average Bonchev–Trinajstić information content (AvgIpc) is 2.71. The van der Waals surface area contributed by atoms with Crippen molar-refractivity contribution in [3.05, 3.63) is 0 Å². The highest BCUT2D eigenvalue weighted by atomic mass is 16.4. The van der Waals surface area contributed by atoms with E-state index >= 15 is 0 Å². The van der Waals surface area contributed by atoms with Gasteiger partial charge in [-0.25, -0.2) is 4.79 Å². The first-order valence-corrected chi connectivity index (χ1v) is 10.5. The third-order valence-electron chi connectivity index (χ3n) is 4.84. The van der Waals surface area contributed by atoms with E-state index in [1.165, 1.54) is 6.92 Å². The molecule has 0 spiro atoms. The van der Waals surface area contributed by atoms with Gasteiger partial charge in [-0.05, 0) is 25.7 Å². The number of guanidine groups is 1. The van der Waals surface area contributed by atoms with Crippen LogP contribution in [0.3, 0.4) is 0 Å². The Labute approximate surface area is 191 Å². The molecule has 11 N–H and O–H groups in total. The van der Waals surface area contributed by atoms with Crippen LogP contribution in [0.15, 0.2) is 4.99 Å². The first kappa shape index (κ1) is 29.6. The fourth-order valence-electron chi connectivity index (χ4n) is 2.67. The highest BCUT2D eigenvalue weighted by molar-refractivity contribution is 5.94. The van der Waals surface area contributed by atoms with Gasteiger partial charge >= 0.3 is 11.9 Å². The number of carbonyl (C=O) groups is 5. The number of nitrogens with zero attached hydrogens (tertiary/aromatic N) is 1. The summed E-state index contributed by atoms with van der Waals surface area (Å²) < 4.78 is 0. The Morgan fingerprint density at radius 1 is 0.939 bits per heavy atom. The van der Waals surface area contributed by atoms with Crippen LogP contribution in [0, 0.1) is 5.92 Å². The minimum absolute atomic E-state index is 0.0837. The number of hydrogen-bond acceptors (Lipinski definition) is 7. The Morgan fingerprint density at radius 3 is 2.03 bits per heavy atom. The van der Waals surface area contributed by atoms with Crippen LogP contribution in [0.1, 0.15) is 46.5 Å². The van der Waals surface area contributed by atoms with Crippen molar-refractivity contribution in [1.82, 2.24) is 16.0 Å². The van der Waals surface area contributed by atoms with Gasteiger partial charge in [0.2, 0.25) is 17.7 Å². The predicted molar refractivity (Wildman–Crippen MR) is 119 cm³/mol. The van der Waals surface area contributed by atoms with Gasteiger partial charge in [-0.2, -0.15) is 0 Å². The van der Waals surface area contributed by atoms with Gasteiger partial charge in [0.05, 0.1) is 12.5 Å². The van der Waals surface area contributed by atoms with E-state index in [1.54, 1.807) is 13.8 Å². The van der Waals surface area contributed by atoms with Crippen LogP contribution in [-0.4, -0.2) is 76.5 Å². The van der Waals surface area contributed by atoms with Gasteiger partial charge in [-0.3, -0.25) is 24.2 Å². The average molecular weight is 474 g/mol. The maximum Gasteiger partial charge on any atom is 0.326 e. The number of aliphatic imine (C=N–C) groups is 1. The van der Waals surface area contributed by atoms with Gasteiger partial charge in [-0.1, -0.05) is 20.3 Å². The molecule has 0 aliphatic rings. The molecular formula is C19H35N7O7. The fraction of sp³-hybridized carbons (Fsp3) is 0.684. The van der Waals surface area contributed by atoms with Crippen LogP contribution in [-0.2, 0) is 24.0 Å². The van der Waals surface area contributed by atoms with E-state index in [4.69, 9.17) is 22.3 Å². The first-order chi connectivity index (χ1) is 15.3. The standard InChI is InChI=1S/C19H35N7O7/c1-4-9(2)14(18(32)33)26-17(31)12(6-5-7-23-19(21)22)25-15(29)10(3)24-16(30)11(20)8-13(27)28/h9-12,14H,4-8,20H2,1-3H3,(H,24,30)(H,25,29)(H,26,31)(H,27,28)(H,32,33)(H4,21,22,23). The number of nitrogens with one attached hydrogen (secondary N) is 3. The number of amides is 3. The Morgan fingerprint density at radius 2 is 1.55 bits per heavy atom.